The Bertz CT molecular complexity index is 610. The second-order valence-corrected chi connectivity index (χ2v) is 8.81. The van der Waals surface area contributed by atoms with Gasteiger partial charge in [0.05, 0.1) is 0 Å². The second-order valence-electron chi connectivity index (χ2n) is 8.81. The van der Waals surface area contributed by atoms with Gasteiger partial charge in [0.1, 0.15) is 0 Å². The molecule has 0 bridgehead atoms. The van der Waals surface area contributed by atoms with E-state index in [1.165, 1.54) is 38.5 Å². The normalized spacial score (nSPS) is 26.1. The Labute approximate surface area is 197 Å². The fourth-order valence-electron chi connectivity index (χ4n) is 5.12. The first-order valence-corrected chi connectivity index (χ1v) is 10.1. The van der Waals surface area contributed by atoms with Gasteiger partial charge in [0.25, 0.3) is 0 Å². The molecule has 0 spiro atoms. The van der Waals surface area contributed by atoms with E-state index in [2.05, 4.69) is 52.0 Å². The average molecular weight is 483 g/mol. The minimum Gasteiger partial charge on any atom is -1.00 e. The first kappa shape index (κ1) is 25.2. The quantitative estimate of drug-likeness (QED) is 0.571. The summed E-state index contributed by atoms with van der Waals surface area (Å²) in [6, 6.07) is 10.1. The molecular weight excluding hydrogens is 450 g/mol. The molecule has 4 rings (SSSR count). The molecule has 0 amide bonds. The first-order valence-electron chi connectivity index (χ1n) is 10.1. The van der Waals surface area contributed by atoms with Gasteiger partial charge in [0.15, 0.2) is 0 Å². The first-order chi connectivity index (χ1) is 11.5. The van der Waals surface area contributed by atoms with Gasteiger partial charge in [-0.1, -0.05) is 52.4 Å². The van der Waals surface area contributed by atoms with Crippen molar-refractivity contribution in [1.29, 1.82) is 0 Å². The van der Waals surface area contributed by atoms with Crippen molar-refractivity contribution in [3.63, 3.8) is 0 Å². The molecule has 4 unspecified atom stereocenters. The Morgan fingerprint density at radius 1 is 0.667 bits per heavy atom. The third kappa shape index (κ3) is 5.02. The zero-order valence-corrected chi connectivity index (χ0v) is 21.1. The zero-order chi connectivity index (χ0) is 16.8. The van der Waals surface area contributed by atoms with E-state index in [0.29, 0.717) is 0 Å². The van der Waals surface area contributed by atoms with Crippen LogP contribution in [0.15, 0.2) is 24.3 Å². The van der Waals surface area contributed by atoms with Gasteiger partial charge in [-0.3, -0.25) is 0 Å². The van der Waals surface area contributed by atoms with Crippen LogP contribution in [0.2, 0.25) is 0 Å². The average Bonchev–Trinajstić information content (AvgIpc) is 3.18. The summed E-state index contributed by atoms with van der Waals surface area (Å²) in [5, 5.41) is 0. The molecule has 0 saturated heterocycles. The summed E-state index contributed by atoms with van der Waals surface area (Å²) < 4.78 is 0. The SMILES string of the molecule is CC1CCC(C)c2[cH-]c(CCc3cc4c([cH-]3)C(C)CCC4C)cc21.[Cl-].[Cl-].[Zr+4]. The molecule has 3 heteroatoms. The van der Waals surface area contributed by atoms with Gasteiger partial charge >= 0.3 is 26.2 Å². The maximum atomic E-state index is 2.52. The van der Waals surface area contributed by atoms with Gasteiger partial charge in [-0.25, -0.2) is 12.1 Å². The Morgan fingerprint density at radius 2 is 1.00 bits per heavy atom. The van der Waals surface area contributed by atoms with E-state index in [9.17, 15) is 0 Å². The van der Waals surface area contributed by atoms with Crippen LogP contribution in [0.3, 0.4) is 0 Å². The van der Waals surface area contributed by atoms with Crippen molar-refractivity contribution in [2.24, 2.45) is 0 Å². The molecule has 0 aliphatic heterocycles. The number of fused-ring (bicyclic) bond motifs is 2. The topological polar surface area (TPSA) is 0 Å². The van der Waals surface area contributed by atoms with Gasteiger partial charge in [-0.15, -0.1) is 0 Å². The van der Waals surface area contributed by atoms with E-state index in [4.69, 9.17) is 0 Å². The maximum absolute atomic E-state index is 2.52. The molecule has 0 fully saturated rings. The summed E-state index contributed by atoms with van der Waals surface area (Å²) in [6.45, 7) is 9.62. The summed E-state index contributed by atoms with van der Waals surface area (Å²) in [5.41, 5.74) is 9.72. The molecule has 4 atom stereocenters. The number of hydrogen-bond acceptors (Lipinski definition) is 0. The molecule has 2 aliphatic carbocycles. The van der Waals surface area contributed by atoms with Crippen LogP contribution in [-0.2, 0) is 39.0 Å². The Balaban J connectivity index is 0.00000121. The number of aryl methyl sites for hydroxylation is 2. The largest absolute Gasteiger partial charge is 4.00 e. The third-order valence-corrected chi connectivity index (χ3v) is 6.92. The second kappa shape index (κ2) is 10.3. The number of hydrogen-bond donors (Lipinski definition) is 0. The van der Waals surface area contributed by atoms with Crippen LogP contribution < -0.4 is 24.8 Å². The minimum atomic E-state index is 0. The molecule has 0 radical (unpaired) electrons. The third-order valence-electron chi connectivity index (χ3n) is 6.92. The summed E-state index contributed by atoms with van der Waals surface area (Å²) >= 11 is 0. The van der Waals surface area contributed by atoms with Crippen LogP contribution in [0.25, 0.3) is 0 Å². The summed E-state index contributed by atoms with van der Waals surface area (Å²) in [5.74, 6) is 3.05. The maximum Gasteiger partial charge on any atom is 4.00 e. The Kier molecular flexibility index (Phi) is 9.59. The fourth-order valence-corrected chi connectivity index (χ4v) is 5.12. The van der Waals surface area contributed by atoms with Crippen molar-refractivity contribution in [3.8, 4) is 0 Å². The van der Waals surface area contributed by atoms with Gasteiger partial charge in [-0.05, 0) is 37.5 Å². The van der Waals surface area contributed by atoms with E-state index in [0.717, 1.165) is 23.7 Å². The summed E-state index contributed by atoms with van der Waals surface area (Å²) in [6.07, 6.45) is 7.87. The molecule has 0 saturated carbocycles. The molecule has 0 nitrogen and oxygen atoms in total. The number of halogens is 2. The smallest absolute Gasteiger partial charge is 1.00 e. The molecule has 0 N–H and O–H groups in total. The zero-order valence-electron chi connectivity index (χ0n) is 17.1. The van der Waals surface area contributed by atoms with Gasteiger partial charge in [0.2, 0.25) is 0 Å². The van der Waals surface area contributed by atoms with E-state index >= 15 is 0 Å². The van der Waals surface area contributed by atoms with Gasteiger partial charge in [-0.2, -0.15) is 45.5 Å². The predicted molar refractivity (Wildman–Crippen MR) is 104 cm³/mol. The summed E-state index contributed by atoms with van der Waals surface area (Å²) in [4.78, 5) is 0. The Hall–Kier alpha value is 0.163. The van der Waals surface area contributed by atoms with E-state index in [1.54, 1.807) is 33.4 Å². The van der Waals surface area contributed by atoms with Gasteiger partial charge < -0.3 is 24.8 Å². The minimum absolute atomic E-state index is 0. The molecule has 2 aliphatic rings. The molecule has 146 valence electrons. The standard InChI is InChI=1S/C24H32.2ClH.Zr/c1-15-5-6-16(2)22-12-19(11-21(15)22)9-10-20-13-23-17(3)7-8-18(4)24(23)14-20;;;/h11-18H,5-10H2,1-4H3;2*1H;/q-2;;;+4/p-2. The van der Waals surface area contributed by atoms with Crippen LogP contribution in [0.1, 0.15) is 110 Å². The number of rotatable bonds is 3. The van der Waals surface area contributed by atoms with Crippen molar-refractivity contribution in [2.45, 2.75) is 89.9 Å². The molecule has 0 aromatic heterocycles. The summed E-state index contributed by atoms with van der Waals surface area (Å²) in [7, 11) is 0. The fraction of sp³-hybridized carbons (Fsp3) is 0.583. The van der Waals surface area contributed by atoms with Crippen molar-refractivity contribution < 1.29 is 51.0 Å². The molecular formula is C24H32Cl2Zr. The van der Waals surface area contributed by atoms with Crippen molar-refractivity contribution in [2.75, 3.05) is 0 Å². The molecule has 2 aromatic rings. The monoisotopic (exact) mass is 480 g/mol. The van der Waals surface area contributed by atoms with Crippen LogP contribution in [0.5, 0.6) is 0 Å². The molecule has 2 aromatic carbocycles. The van der Waals surface area contributed by atoms with Crippen LogP contribution >= 0.6 is 0 Å². The van der Waals surface area contributed by atoms with E-state index < -0.39 is 0 Å². The predicted octanol–water partition coefficient (Wildman–Crippen LogP) is 0.917. The van der Waals surface area contributed by atoms with Crippen LogP contribution in [-0.4, -0.2) is 0 Å². The van der Waals surface area contributed by atoms with E-state index in [1.807, 2.05) is 0 Å². The van der Waals surface area contributed by atoms with Crippen molar-refractivity contribution in [3.05, 3.63) is 57.6 Å². The molecule has 27 heavy (non-hydrogen) atoms. The molecule has 0 heterocycles. The van der Waals surface area contributed by atoms with Crippen LogP contribution in [0, 0.1) is 0 Å². The Morgan fingerprint density at radius 3 is 1.33 bits per heavy atom. The van der Waals surface area contributed by atoms with Gasteiger partial charge in [0, 0.05) is 0 Å². The van der Waals surface area contributed by atoms with Crippen molar-refractivity contribution in [1.82, 2.24) is 0 Å². The van der Waals surface area contributed by atoms with Crippen molar-refractivity contribution >= 4 is 0 Å². The van der Waals surface area contributed by atoms with Crippen LogP contribution in [0.4, 0.5) is 0 Å². The van der Waals surface area contributed by atoms with E-state index in [-0.39, 0.29) is 51.0 Å².